The van der Waals surface area contributed by atoms with Crippen LogP contribution >= 0.6 is 0 Å². The summed E-state index contributed by atoms with van der Waals surface area (Å²) < 4.78 is 0. The Labute approximate surface area is 144 Å². The van der Waals surface area contributed by atoms with E-state index in [4.69, 9.17) is 0 Å². The molecule has 0 heterocycles. The SMILES string of the molecule is CCCC#C[C@@H](/C=C/c1ccccc1)c1ccc(NC(C)=O)cc1. The van der Waals surface area contributed by atoms with Gasteiger partial charge in [0.05, 0.1) is 5.92 Å². The van der Waals surface area contributed by atoms with Gasteiger partial charge < -0.3 is 5.32 Å². The number of nitrogens with one attached hydrogen (secondary N) is 1. The van der Waals surface area contributed by atoms with Crippen LogP contribution in [0.25, 0.3) is 6.08 Å². The Morgan fingerprint density at radius 3 is 2.46 bits per heavy atom. The van der Waals surface area contributed by atoms with Crippen molar-refractivity contribution in [1.29, 1.82) is 0 Å². The van der Waals surface area contributed by atoms with Gasteiger partial charge in [0.25, 0.3) is 0 Å². The molecule has 0 saturated heterocycles. The zero-order valence-electron chi connectivity index (χ0n) is 14.3. The maximum Gasteiger partial charge on any atom is 0.221 e. The molecule has 1 N–H and O–H groups in total. The van der Waals surface area contributed by atoms with E-state index in [0.29, 0.717) is 0 Å². The van der Waals surface area contributed by atoms with Gasteiger partial charge in [0.1, 0.15) is 0 Å². The summed E-state index contributed by atoms with van der Waals surface area (Å²) in [4.78, 5) is 11.1. The number of benzene rings is 2. The van der Waals surface area contributed by atoms with Crippen LogP contribution in [0, 0.1) is 11.8 Å². The molecule has 0 aromatic heterocycles. The Balaban J connectivity index is 2.21. The molecule has 24 heavy (non-hydrogen) atoms. The van der Waals surface area contributed by atoms with Crippen LogP contribution in [0.1, 0.15) is 43.7 Å². The van der Waals surface area contributed by atoms with Crippen LogP contribution in [0.5, 0.6) is 0 Å². The summed E-state index contributed by atoms with van der Waals surface area (Å²) in [6.07, 6.45) is 6.20. The first-order chi connectivity index (χ1) is 11.7. The quantitative estimate of drug-likeness (QED) is 0.750. The Kier molecular flexibility index (Phi) is 6.86. The molecule has 0 spiro atoms. The van der Waals surface area contributed by atoms with Crippen LogP contribution in [0.4, 0.5) is 5.69 Å². The van der Waals surface area contributed by atoms with Gasteiger partial charge in [-0.2, -0.15) is 0 Å². The summed E-state index contributed by atoms with van der Waals surface area (Å²) in [5.41, 5.74) is 3.09. The van der Waals surface area contributed by atoms with E-state index in [1.54, 1.807) is 0 Å². The highest BCUT2D eigenvalue weighted by Crippen LogP contribution is 2.20. The zero-order chi connectivity index (χ0) is 17.2. The average molecular weight is 317 g/mol. The van der Waals surface area contributed by atoms with Crippen LogP contribution in [0.2, 0.25) is 0 Å². The molecular weight excluding hydrogens is 294 g/mol. The predicted octanol–water partition coefficient (Wildman–Crippen LogP) is 5.25. The summed E-state index contributed by atoms with van der Waals surface area (Å²) >= 11 is 0. The fraction of sp³-hybridized carbons (Fsp3) is 0.227. The molecule has 122 valence electrons. The van der Waals surface area contributed by atoms with Gasteiger partial charge in [-0.15, -0.1) is 5.92 Å². The van der Waals surface area contributed by atoms with Crippen molar-refractivity contribution in [3.8, 4) is 11.8 Å². The number of carbonyl (C=O) groups excluding carboxylic acids is 1. The second-order valence-corrected chi connectivity index (χ2v) is 5.62. The number of anilines is 1. The maximum absolute atomic E-state index is 11.1. The third-order valence-electron chi connectivity index (χ3n) is 3.50. The van der Waals surface area contributed by atoms with Crippen molar-refractivity contribution in [2.45, 2.75) is 32.6 Å². The van der Waals surface area contributed by atoms with Crippen molar-refractivity contribution < 1.29 is 4.79 Å². The van der Waals surface area contributed by atoms with Crippen LogP contribution in [-0.2, 0) is 4.79 Å². The van der Waals surface area contributed by atoms with Crippen LogP contribution < -0.4 is 5.32 Å². The van der Waals surface area contributed by atoms with Crippen LogP contribution in [0.15, 0.2) is 60.7 Å². The predicted molar refractivity (Wildman–Crippen MR) is 102 cm³/mol. The molecule has 2 rings (SSSR count). The van der Waals surface area contributed by atoms with Crippen molar-refractivity contribution in [1.82, 2.24) is 0 Å². The molecule has 0 unspecified atom stereocenters. The highest BCUT2D eigenvalue weighted by atomic mass is 16.1. The summed E-state index contributed by atoms with van der Waals surface area (Å²) in [5.74, 6) is 6.57. The Morgan fingerprint density at radius 2 is 1.83 bits per heavy atom. The van der Waals surface area contributed by atoms with Crippen molar-refractivity contribution >= 4 is 17.7 Å². The van der Waals surface area contributed by atoms with E-state index >= 15 is 0 Å². The Hall–Kier alpha value is -2.79. The third-order valence-corrected chi connectivity index (χ3v) is 3.50. The molecule has 2 heteroatoms. The summed E-state index contributed by atoms with van der Waals surface area (Å²) in [6, 6.07) is 18.1. The lowest BCUT2D eigenvalue weighted by Gasteiger charge is -2.08. The van der Waals surface area contributed by atoms with Gasteiger partial charge in [0, 0.05) is 19.0 Å². The largest absolute Gasteiger partial charge is 0.326 e. The molecule has 0 aliphatic heterocycles. The normalized spacial score (nSPS) is 11.6. The first kappa shape index (κ1) is 17.6. The average Bonchev–Trinajstić information content (AvgIpc) is 2.59. The molecule has 0 saturated carbocycles. The molecule has 0 fully saturated rings. The van der Waals surface area contributed by atoms with Gasteiger partial charge in [-0.05, 0) is 29.7 Å². The van der Waals surface area contributed by atoms with E-state index in [1.165, 1.54) is 6.92 Å². The van der Waals surface area contributed by atoms with Gasteiger partial charge >= 0.3 is 0 Å². The number of hydrogen-bond donors (Lipinski definition) is 1. The second kappa shape index (κ2) is 9.37. The van der Waals surface area contributed by atoms with E-state index in [1.807, 2.05) is 42.5 Å². The van der Waals surface area contributed by atoms with Gasteiger partial charge in [0.2, 0.25) is 5.91 Å². The monoisotopic (exact) mass is 317 g/mol. The molecule has 1 atom stereocenters. The Bertz CT molecular complexity index is 733. The number of rotatable bonds is 5. The third kappa shape index (κ3) is 5.78. The summed E-state index contributed by atoms with van der Waals surface area (Å²) in [6.45, 7) is 3.64. The van der Waals surface area contributed by atoms with E-state index in [2.05, 4.69) is 48.4 Å². The minimum Gasteiger partial charge on any atom is -0.326 e. The smallest absolute Gasteiger partial charge is 0.221 e. The molecule has 0 radical (unpaired) electrons. The molecule has 2 aromatic carbocycles. The van der Waals surface area contributed by atoms with E-state index < -0.39 is 0 Å². The standard InChI is InChI=1S/C22H23NO/c1-3-4-6-11-20(13-12-19-9-7-5-8-10-19)21-14-16-22(17-15-21)23-18(2)24/h5,7-10,12-17,20H,3-4H2,1-2H3,(H,23,24)/b13-12+/t20-/m0/s1. The van der Waals surface area contributed by atoms with Crippen molar-refractivity contribution in [3.05, 3.63) is 71.8 Å². The Morgan fingerprint density at radius 1 is 1.12 bits per heavy atom. The van der Waals surface area contributed by atoms with E-state index in [0.717, 1.165) is 29.7 Å². The summed E-state index contributed by atoms with van der Waals surface area (Å²) in [5, 5.41) is 2.79. The topological polar surface area (TPSA) is 29.1 Å². The van der Waals surface area contributed by atoms with Crippen LogP contribution in [-0.4, -0.2) is 5.91 Å². The van der Waals surface area contributed by atoms with Gasteiger partial charge in [0.15, 0.2) is 0 Å². The minimum absolute atomic E-state index is 0.0446. The second-order valence-electron chi connectivity index (χ2n) is 5.62. The van der Waals surface area contributed by atoms with Crippen molar-refractivity contribution in [2.24, 2.45) is 0 Å². The molecule has 1 amide bonds. The molecule has 0 aliphatic rings. The number of unbranched alkanes of at least 4 members (excludes halogenated alkanes) is 1. The number of allylic oxidation sites excluding steroid dienone is 1. The lowest BCUT2D eigenvalue weighted by atomic mass is 9.97. The fourth-order valence-electron chi connectivity index (χ4n) is 2.30. The fourth-order valence-corrected chi connectivity index (χ4v) is 2.30. The van der Waals surface area contributed by atoms with E-state index in [9.17, 15) is 4.79 Å². The first-order valence-electron chi connectivity index (χ1n) is 8.28. The number of hydrogen-bond acceptors (Lipinski definition) is 1. The summed E-state index contributed by atoms with van der Waals surface area (Å²) in [7, 11) is 0. The molecule has 0 aliphatic carbocycles. The number of carbonyl (C=O) groups is 1. The van der Waals surface area contributed by atoms with Crippen molar-refractivity contribution in [2.75, 3.05) is 5.32 Å². The van der Waals surface area contributed by atoms with Crippen LogP contribution in [0.3, 0.4) is 0 Å². The maximum atomic E-state index is 11.1. The molecule has 2 nitrogen and oxygen atoms in total. The highest BCUT2D eigenvalue weighted by Gasteiger charge is 2.05. The first-order valence-corrected chi connectivity index (χ1v) is 8.28. The molecule has 0 bridgehead atoms. The van der Waals surface area contributed by atoms with Gasteiger partial charge in [-0.3, -0.25) is 4.79 Å². The van der Waals surface area contributed by atoms with Gasteiger partial charge in [-0.1, -0.05) is 67.5 Å². The number of amides is 1. The highest BCUT2D eigenvalue weighted by molar-refractivity contribution is 5.88. The van der Waals surface area contributed by atoms with E-state index in [-0.39, 0.29) is 11.8 Å². The lowest BCUT2D eigenvalue weighted by molar-refractivity contribution is -0.114. The van der Waals surface area contributed by atoms with Gasteiger partial charge in [-0.25, -0.2) is 0 Å². The zero-order valence-corrected chi connectivity index (χ0v) is 14.3. The minimum atomic E-state index is -0.0639. The lowest BCUT2D eigenvalue weighted by Crippen LogP contribution is -2.05. The molecule has 2 aromatic rings. The molecular formula is C22H23NO. The van der Waals surface area contributed by atoms with Crippen molar-refractivity contribution in [3.63, 3.8) is 0 Å².